The Morgan fingerprint density at radius 2 is 1.92 bits per heavy atom. The Bertz CT molecular complexity index is 1870. The number of rotatable bonds is 7. The molecule has 5 atom stereocenters. The standard InChI is InChI=1S/C37H39N5O6S/c1-47-25-16-17-27-29(19-25)39-32(31-15-10-18-49-31)34(40-27)48-26-20-30-33(43)41-37(36(45)46)21-23(37)11-6-3-2-4-9-14-28(35(44)42(30)22-26)38-24-12-7-5-8-13-24/h5-8,10-13,15-19,23,26,28,30,38H,2-4,9,14,20-22H2,1H3,(H,41,43)(H,45,46)/t23-,26-,28+,30+,37-/m1/s1. The van der Waals surface area contributed by atoms with Gasteiger partial charge in [-0.15, -0.1) is 11.3 Å². The third-order valence-corrected chi connectivity index (χ3v) is 10.5. The van der Waals surface area contributed by atoms with E-state index in [4.69, 9.17) is 19.4 Å². The van der Waals surface area contributed by atoms with Crippen molar-refractivity contribution in [1.29, 1.82) is 0 Å². The molecule has 2 aromatic carbocycles. The van der Waals surface area contributed by atoms with Gasteiger partial charge in [-0.2, -0.15) is 0 Å². The number of allylic oxidation sites excluding steroid dienone is 1. The van der Waals surface area contributed by atoms with E-state index < -0.39 is 35.6 Å². The summed E-state index contributed by atoms with van der Waals surface area (Å²) in [6, 6.07) is 17.3. The molecule has 1 saturated carbocycles. The summed E-state index contributed by atoms with van der Waals surface area (Å²) in [7, 11) is 1.60. The van der Waals surface area contributed by atoms with Crippen LogP contribution in [0, 0.1) is 5.92 Å². The Hall–Kier alpha value is -4.97. The van der Waals surface area contributed by atoms with Crippen LogP contribution < -0.4 is 20.1 Å². The summed E-state index contributed by atoms with van der Waals surface area (Å²) in [5, 5.41) is 18.4. The third kappa shape index (κ3) is 6.82. The van der Waals surface area contributed by atoms with E-state index in [1.807, 2.05) is 72.1 Å². The molecule has 2 amide bonds. The second-order valence-corrected chi connectivity index (χ2v) is 13.8. The predicted molar refractivity (Wildman–Crippen MR) is 187 cm³/mol. The number of hydrogen-bond donors (Lipinski definition) is 3. The predicted octanol–water partition coefficient (Wildman–Crippen LogP) is 5.68. The van der Waals surface area contributed by atoms with Gasteiger partial charge in [-0.3, -0.25) is 9.59 Å². The van der Waals surface area contributed by atoms with E-state index >= 15 is 0 Å². The van der Waals surface area contributed by atoms with Gasteiger partial charge in [0, 0.05) is 24.1 Å². The number of hydrogen-bond acceptors (Lipinski definition) is 9. The largest absolute Gasteiger partial charge is 0.497 e. The van der Waals surface area contributed by atoms with Crippen LogP contribution in [0.4, 0.5) is 5.69 Å². The molecule has 254 valence electrons. The molecular weight excluding hydrogens is 643 g/mol. The van der Waals surface area contributed by atoms with Crippen molar-refractivity contribution in [3.8, 4) is 22.2 Å². The van der Waals surface area contributed by atoms with E-state index in [-0.39, 0.29) is 24.8 Å². The van der Waals surface area contributed by atoms with Gasteiger partial charge in [0.2, 0.25) is 17.7 Å². The van der Waals surface area contributed by atoms with Crippen molar-refractivity contribution >= 4 is 45.8 Å². The Labute approximate surface area is 288 Å². The molecule has 3 N–H and O–H groups in total. The quantitative estimate of drug-likeness (QED) is 0.210. The Morgan fingerprint density at radius 3 is 2.69 bits per heavy atom. The zero-order chi connectivity index (χ0) is 34.0. The molecule has 11 nitrogen and oxygen atoms in total. The molecule has 1 saturated heterocycles. The fourth-order valence-corrected chi connectivity index (χ4v) is 7.55. The van der Waals surface area contributed by atoms with Crippen molar-refractivity contribution in [2.45, 2.75) is 68.7 Å². The van der Waals surface area contributed by atoms with Gasteiger partial charge in [-0.05, 0) is 61.4 Å². The van der Waals surface area contributed by atoms with E-state index in [9.17, 15) is 19.5 Å². The second-order valence-electron chi connectivity index (χ2n) is 12.9. The SMILES string of the molecule is COc1ccc2nc(O[C@@H]3C[C@H]4C(=O)N[C@]5(C(=O)O)C[C@H]5C=CCCCCC[C@H](Nc5ccccc5)C(=O)N4C3)c(-c3cccs3)nc2c1. The number of nitrogens with one attached hydrogen (secondary N) is 2. The summed E-state index contributed by atoms with van der Waals surface area (Å²) in [5.74, 6) is -1.14. The Morgan fingerprint density at radius 1 is 1.06 bits per heavy atom. The number of carboxylic acids is 1. The molecule has 2 aromatic heterocycles. The molecule has 3 aliphatic rings. The van der Waals surface area contributed by atoms with E-state index in [1.165, 1.54) is 11.3 Å². The number of carbonyl (C=O) groups excluding carboxylic acids is 2. The minimum absolute atomic E-state index is 0.125. The molecule has 12 heteroatoms. The summed E-state index contributed by atoms with van der Waals surface area (Å²) in [5.41, 5.74) is 1.23. The molecule has 4 aromatic rings. The smallest absolute Gasteiger partial charge is 0.330 e. The lowest BCUT2D eigenvalue weighted by atomic mass is 10.0. The van der Waals surface area contributed by atoms with Crippen molar-refractivity contribution in [2.24, 2.45) is 5.92 Å². The molecular formula is C37H39N5O6S. The third-order valence-electron chi connectivity index (χ3n) is 9.61. The van der Waals surface area contributed by atoms with Crippen LogP contribution in [0.2, 0.25) is 0 Å². The van der Waals surface area contributed by atoms with Crippen LogP contribution in [-0.2, 0) is 14.4 Å². The number of anilines is 1. The fraction of sp³-hybridized carbons (Fsp3) is 0.378. The van der Waals surface area contributed by atoms with Crippen molar-refractivity contribution in [3.63, 3.8) is 0 Å². The lowest BCUT2D eigenvalue weighted by molar-refractivity contribution is -0.145. The van der Waals surface area contributed by atoms with Gasteiger partial charge >= 0.3 is 5.97 Å². The van der Waals surface area contributed by atoms with Gasteiger partial charge in [-0.1, -0.05) is 49.3 Å². The Kier molecular flexibility index (Phi) is 9.22. The van der Waals surface area contributed by atoms with Crippen molar-refractivity contribution in [3.05, 3.63) is 78.2 Å². The lowest BCUT2D eigenvalue weighted by Crippen LogP contribution is -2.55. The molecule has 0 unspecified atom stereocenters. The van der Waals surface area contributed by atoms with Crippen molar-refractivity contribution in [1.82, 2.24) is 20.2 Å². The van der Waals surface area contributed by atoms with Gasteiger partial charge in [0.25, 0.3) is 0 Å². The van der Waals surface area contributed by atoms with E-state index in [1.54, 1.807) is 18.1 Å². The van der Waals surface area contributed by atoms with Crippen LogP contribution in [0.1, 0.15) is 44.9 Å². The Balaban J connectivity index is 1.22. The number of aromatic nitrogens is 2. The van der Waals surface area contributed by atoms with Gasteiger partial charge < -0.3 is 30.1 Å². The van der Waals surface area contributed by atoms with Crippen LogP contribution in [-0.4, -0.2) is 75.1 Å². The van der Waals surface area contributed by atoms with Crippen molar-refractivity contribution < 1.29 is 29.0 Å². The van der Waals surface area contributed by atoms with E-state index in [2.05, 4.69) is 10.6 Å². The molecule has 7 rings (SSSR count). The summed E-state index contributed by atoms with van der Waals surface area (Å²) in [6.45, 7) is 0.125. The topological polar surface area (TPSA) is 143 Å². The van der Waals surface area contributed by atoms with Gasteiger partial charge in [-0.25, -0.2) is 14.8 Å². The normalized spacial score (nSPS) is 25.8. The number of para-hydroxylation sites is 1. The van der Waals surface area contributed by atoms with Crippen LogP contribution in [0.5, 0.6) is 11.6 Å². The number of carbonyl (C=O) groups is 3. The maximum absolute atomic E-state index is 14.5. The first kappa shape index (κ1) is 32.6. The highest BCUT2D eigenvalue weighted by atomic mass is 32.1. The number of nitrogens with zero attached hydrogens (tertiary/aromatic N) is 3. The maximum Gasteiger partial charge on any atom is 0.330 e. The molecule has 4 heterocycles. The molecule has 2 aliphatic heterocycles. The first-order valence-electron chi connectivity index (χ1n) is 16.7. The number of aliphatic carboxylic acids is 1. The number of methoxy groups -OCH3 is 1. The zero-order valence-electron chi connectivity index (χ0n) is 27.2. The van der Waals surface area contributed by atoms with Crippen LogP contribution in [0.3, 0.4) is 0 Å². The molecule has 0 spiro atoms. The average molecular weight is 682 g/mol. The molecule has 49 heavy (non-hydrogen) atoms. The lowest BCUT2D eigenvalue weighted by Gasteiger charge is -2.30. The van der Waals surface area contributed by atoms with Crippen LogP contribution in [0.25, 0.3) is 21.6 Å². The molecule has 0 bridgehead atoms. The number of thiophene rings is 1. The van der Waals surface area contributed by atoms with Crippen LogP contribution in [0.15, 0.2) is 78.2 Å². The number of fused-ring (bicyclic) bond motifs is 3. The zero-order valence-corrected chi connectivity index (χ0v) is 28.0. The molecule has 0 radical (unpaired) electrons. The van der Waals surface area contributed by atoms with Gasteiger partial charge in [0.15, 0.2) is 0 Å². The first-order chi connectivity index (χ1) is 23.8. The molecule has 1 aliphatic carbocycles. The highest BCUT2D eigenvalue weighted by Gasteiger charge is 2.61. The highest BCUT2D eigenvalue weighted by molar-refractivity contribution is 7.13. The van der Waals surface area contributed by atoms with Gasteiger partial charge in [0.1, 0.15) is 35.2 Å². The monoisotopic (exact) mass is 681 g/mol. The highest BCUT2D eigenvalue weighted by Crippen LogP contribution is 2.45. The number of ether oxygens (including phenoxy) is 2. The summed E-state index contributed by atoms with van der Waals surface area (Å²) < 4.78 is 12.0. The summed E-state index contributed by atoms with van der Waals surface area (Å²) in [4.78, 5) is 53.2. The second kappa shape index (κ2) is 13.9. The summed E-state index contributed by atoms with van der Waals surface area (Å²) in [6.07, 6.45) is 7.87. The van der Waals surface area contributed by atoms with E-state index in [0.29, 0.717) is 41.2 Å². The van der Waals surface area contributed by atoms with Crippen molar-refractivity contribution in [2.75, 3.05) is 19.0 Å². The summed E-state index contributed by atoms with van der Waals surface area (Å²) >= 11 is 1.50. The van der Waals surface area contributed by atoms with E-state index in [0.717, 1.165) is 36.2 Å². The maximum atomic E-state index is 14.5. The number of amides is 2. The van der Waals surface area contributed by atoms with Crippen LogP contribution >= 0.6 is 11.3 Å². The molecule has 2 fully saturated rings. The van der Waals surface area contributed by atoms with Gasteiger partial charge in [0.05, 0.1) is 29.6 Å². The number of benzene rings is 2. The fourth-order valence-electron chi connectivity index (χ4n) is 6.84. The minimum atomic E-state index is -1.39. The first-order valence-corrected chi connectivity index (χ1v) is 17.6. The average Bonchev–Trinajstić information content (AvgIpc) is 3.41. The minimum Gasteiger partial charge on any atom is -0.497 e. The number of carboxylic acid groups (broad SMARTS) is 1.